The van der Waals surface area contributed by atoms with Crippen molar-refractivity contribution in [3.8, 4) is 6.07 Å². The summed E-state index contributed by atoms with van der Waals surface area (Å²) in [5.74, 6) is -0.695. The van der Waals surface area contributed by atoms with Crippen LogP contribution < -0.4 is 5.32 Å². The Labute approximate surface area is 75.4 Å². The topological polar surface area (TPSA) is 78.7 Å². The van der Waals surface area contributed by atoms with Gasteiger partial charge < -0.3 is 5.32 Å². The van der Waals surface area contributed by atoms with Gasteiger partial charge in [0.05, 0.1) is 12.3 Å². The summed E-state index contributed by atoms with van der Waals surface area (Å²) in [7, 11) is 0. The molecule has 1 rings (SSSR count). The van der Waals surface area contributed by atoms with Crippen molar-refractivity contribution in [2.45, 2.75) is 6.92 Å². The molecule has 0 fully saturated rings. The number of rotatable bonds is 2. The number of amides is 1. The second kappa shape index (κ2) is 4.16. The van der Waals surface area contributed by atoms with Crippen LogP contribution in [0.4, 0.5) is 5.82 Å². The lowest BCUT2D eigenvalue weighted by atomic mass is 10.2. The van der Waals surface area contributed by atoms with Crippen molar-refractivity contribution < 1.29 is 4.79 Å². The molecule has 1 atom stereocenters. The number of anilines is 1. The third kappa shape index (κ3) is 2.52. The van der Waals surface area contributed by atoms with Crippen LogP contribution in [0.3, 0.4) is 0 Å². The van der Waals surface area contributed by atoms with E-state index in [-0.39, 0.29) is 5.91 Å². The van der Waals surface area contributed by atoms with E-state index < -0.39 is 5.92 Å². The van der Waals surface area contributed by atoms with E-state index >= 15 is 0 Å². The Morgan fingerprint density at radius 1 is 1.69 bits per heavy atom. The van der Waals surface area contributed by atoms with E-state index in [0.29, 0.717) is 5.82 Å². The third-order valence-corrected chi connectivity index (χ3v) is 1.40. The molecule has 1 heterocycles. The van der Waals surface area contributed by atoms with Crippen LogP contribution in [-0.2, 0) is 4.79 Å². The molecule has 0 aliphatic carbocycles. The van der Waals surface area contributed by atoms with Crippen LogP contribution in [0.1, 0.15) is 6.92 Å². The van der Waals surface area contributed by atoms with Crippen LogP contribution in [0.15, 0.2) is 18.6 Å². The maximum atomic E-state index is 11.1. The van der Waals surface area contributed by atoms with E-state index in [1.807, 2.05) is 6.07 Å². The Morgan fingerprint density at radius 3 is 3.00 bits per heavy atom. The van der Waals surface area contributed by atoms with E-state index in [1.165, 1.54) is 25.5 Å². The van der Waals surface area contributed by atoms with Crippen LogP contribution in [0.5, 0.6) is 0 Å². The van der Waals surface area contributed by atoms with Gasteiger partial charge >= 0.3 is 0 Å². The highest BCUT2D eigenvalue weighted by atomic mass is 16.1. The molecule has 1 N–H and O–H groups in total. The fraction of sp³-hybridized carbons (Fsp3) is 0.250. The van der Waals surface area contributed by atoms with Crippen molar-refractivity contribution in [3.63, 3.8) is 0 Å². The SMILES string of the molecule is CC(C#N)C(=O)Nc1cnccn1. The molecule has 66 valence electrons. The summed E-state index contributed by atoms with van der Waals surface area (Å²) < 4.78 is 0. The van der Waals surface area contributed by atoms with Crippen molar-refractivity contribution in [2.75, 3.05) is 5.32 Å². The molecular formula is C8H8N4O. The maximum absolute atomic E-state index is 11.1. The zero-order chi connectivity index (χ0) is 9.68. The molecule has 0 bridgehead atoms. The molecule has 1 amide bonds. The standard InChI is InChI=1S/C8H8N4O/c1-6(4-9)8(13)12-7-5-10-2-3-11-7/h2-3,5-6H,1H3,(H,11,12,13). The lowest BCUT2D eigenvalue weighted by Gasteiger charge is -2.03. The summed E-state index contributed by atoms with van der Waals surface area (Å²) >= 11 is 0. The van der Waals surface area contributed by atoms with Crippen LogP contribution in [0.2, 0.25) is 0 Å². The van der Waals surface area contributed by atoms with Gasteiger partial charge in [-0.3, -0.25) is 9.78 Å². The highest BCUT2D eigenvalue weighted by molar-refractivity contribution is 5.92. The Balaban J connectivity index is 2.62. The first kappa shape index (κ1) is 9.13. The van der Waals surface area contributed by atoms with Gasteiger partial charge in [-0.25, -0.2) is 4.98 Å². The first-order valence-electron chi connectivity index (χ1n) is 3.70. The molecule has 1 unspecified atom stereocenters. The van der Waals surface area contributed by atoms with Gasteiger partial charge in [0.15, 0.2) is 5.82 Å². The van der Waals surface area contributed by atoms with Gasteiger partial charge in [0.1, 0.15) is 5.92 Å². The number of nitriles is 1. The summed E-state index contributed by atoms with van der Waals surface area (Å²) in [4.78, 5) is 18.7. The molecular weight excluding hydrogens is 168 g/mol. The fourth-order valence-corrected chi connectivity index (χ4v) is 0.657. The summed E-state index contributed by atoms with van der Waals surface area (Å²) in [6.45, 7) is 1.52. The van der Waals surface area contributed by atoms with Crippen molar-refractivity contribution in [1.82, 2.24) is 9.97 Å². The summed E-state index contributed by atoms with van der Waals surface area (Å²) in [6, 6.07) is 1.82. The summed E-state index contributed by atoms with van der Waals surface area (Å²) in [5.41, 5.74) is 0. The Bertz CT molecular complexity index is 330. The highest BCUT2D eigenvalue weighted by Crippen LogP contribution is 2.01. The number of carbonyl (C=O) groups excluding carboxylic acids is 1. The Hall–Kier alpha value is -1.96. The maximum Gasteiger partial charge on any atom is 0.242 e. The van der Waals surface area contributed by atoms with Gasteiger partial charge in [-0.2, -0.15) is 5.26 Å². The molecule has 0 spiro atoms. The highest BCUT2D eigenvalue weighted by Gasteiger charge is 2.11. The molecule has 0 aromatic carbocycles. The number of carbonyl (C=O) groups is 1. The average Bonchev–Trinajstić information content (AvgIpc) is 2.18. The van der Waals surface area contributed by atoms with Gasteiger partial charge in [0, 0.05) is 12.4 Å². The van der Waals surface area contributed by atoms with Crippen molar-refractivity contribution in [3.05, 3.63) is 18.6 Å². The van der Waals surface area contributed by atoms with Gasteiger partial charge in [-0.05, 0) is 6.92 Å². The number of hydrogen-bond donors (Lipinski definition) is 1. The van der Waals surface area contributed by atoms with E-state index in [2.05, 4.69) is 15.3 Å². The minimum absolute atomic E-state index is 0.356. The molecule has 0 aliphatic rings. The lowest BCUT2D eigenvalue weighted by Crippen LogP contribution is -2.19. The number of nitrogens with one attached hydrogen (secondary N) is 1. The van der Waals surface area contributed by atoms with Gasteiger partial charge in [0.25, 0.3) is 0 Å². The Kier molecular flexibility index (Phi) is 2.92. The third-order valence-electron chi connectivity index (χ3n) is 1.40. The first-order chi connectivity index (χ1) is 6.24. The normalized spacial score (nSPS) is 11.4. The van der Waals surface area contributed by atoms with Crippen molar-refractivity contribution in [1.29, 1.82) is 5.26 Å². The van der Waals surface area contributed by atoms with Gasteiger partial charge in [-0.15, -0.1) is 0 Å². The molecule has 0 saturated carbocycles. The minimum Gasteiger partial charge on any atom is -0.308 e. The molecule has 1 aromatic rings. The minimum atomic E-state index is -0.679. The van der Waals surface area contributed by atoms with Crippen LogP contribution in [0.25, 0.3) is 0 Å². The first-order valence-corrected chi connectivity index (χ1v) is 3.70. The van der Waals surface area contributed by atoms with Crippen molar-refractivity contribution in [2.24, 2.45) is 5.92 Å². The smallest absolute Gasteiger partial charge is 0.242 e. The molecule has 5 nitrogen and oxygen atoms in total. The monoisotopic (exact) mass is 176 g/mol. The second-order valence-corrected chi connectivity index (χ2v) is 2.43. The predicted octanol–water partition coefficient (Wildman–Crippen LogP) is 0.575. The van der Waals surface area contributed by atoms with Gasteiger partial charge in [-0.1, -0.05) is 0 Å². The molecule has 0 radical (unpaired) electrons. The molecule has 0 aliphatic heterocycles. The summed E-state index contributed by atoms with van der Waals surface area (Å²) in [5, 5.41) is 10.9. The van der Waals surface area contributed by atoms with E-state index in [9.17, 15) is 4.79 Å². The zero-order valence-electron chi connectivity index (χ0n) is 7.06. The van der Waals surface area contributed by atoms with Crippen LogP contribution in [-0.4, -0.2) is 15.9 Å². The van der Waals surface area contributed by atoms with Crippen LogP contribution in [0, 0.1) is 17.2 Å². The largest absolute Gasteiger partial charge is 0.308 e. The number of nitrogens with zero attached hydrogens (tertiary/aromatic N) is 3. The predicted molar refractivity (Wildman–Crippen MR) is 45.4 cm³/mol. The van der Waals surface area contributed by atoms with E-state index in [1.54, 1.807) is 0 Å². The Morgan fingerprint density at radius 2 is 2.46 bits per heavy atom. The van der Waals surface area contributed by atoms with Crippen molar-refractivity contribution >= 4 is 11.7 Å². The average molecular weight is 176 g/mol. The summed E-state index contributed by atoms with van der Waals surface area (Å²) in [6.07, 6.45) is 4.39. The number of aromatic nitrogens is 2. The second-order valence-electron chi connectivity index (χ2n) is 2.43. The molecule has 5 heteroatoms. The van der Waals surface area contributed by atoms with E-state index in [0.717, 1.165) is 0 Å². The number of hydrogen-bond acceptors (Lipinski definition) is 4. The molecule has 13 heavy (non-hydrogen) atoms. The quantitative estimate of drug-likeness (QED) is 0.714. The zero-order valence-corrected chi connectivity index (χ0v) is 7.06. The van der Waals surface area contributed by atoms with Crippen LogP contribution >= 0.6 is 0 Å². The van der Waals surface area contributed by atoms with E-state index in [4.69, 9.17) is 5.26 Å². The molecule has 0 saturated heterocycles. The van der Waals surface area contributed by atoms with Gasteiger partial charge in [0.2, 0.25) is 5.91 Å². The fourth-order valence-electron chi connectivity index (χ4n) is 0.657. The molecule has 1 aromatic heterocycles. The lowest BCUT2D eigenvalue weighted by molar-refractivity contribution is -0.117.